The quantitative estimate of drug-likeness (QED) is 0.777. The molecule has 20 heavy (non-hydrogen) atoms. The number of likely N-dealkylation sites (tertiary alicyclic amines) is 1. The molecule has 1 amide bonds. The summed E-state index contributed by atoms with van der Waals surface area (Å²) in [4.78, 5) is 14.3. The maximum atomic E-state index is 12.2. The first-order valence-electron chi connectivity index (χ1n) is 8.30. The summed E-state index contributed by atoms with van der Waals surface area (Å²) >= 11 is 0. The lowest BCUT2D eigenvalue weighted by Crippen LogP contribution is -2.45. The first kappa shape index (κ1) is 17.5. The lowest BCUT2D eigenvalue weighted by atomic mass is 9.80. The predicted molar refractivity (Wildman–Crippen MR) is 85.7 cm³/mol. The average Bonchev–Trinajstić information content (AvgIpc) is 2.75. The Labute approximate surface area is 125 Å². The minimum atomic E-state index is 0.229. The highest BCUT2D eigenvalue weighted by Gasteiger charge is 2.37. The number of hydrogen-bond donors (Lipinski definition) is 1. The zero-order chi connectivity index (χ0) is 15.3. The molecule has 0 spiro atoms. The fourth-order valence-electron chi connectivity index (χ4n) is 2.83. The van der Waals surface area contributed by atoms with Crippen molar-refractivity contribution in [3.63, 3.8) is 0 Å². The van der Waals surface area contributed by atoms with Gasteiger partial charge in [-0.25, -0.2) is 0 Å². The van der Waals surface area contributed by atoms with Gasteiger partial charge in [0.15, 0.2) is 0 Å². The van der Waals surface area contributed by atoms with E-state index < -0.39 is 0 Å². The van der Waals surface area contributed by atoms with Crippen molar-refractivity contribution in [2.75, 3.05) is 19.6 Å². The normalized spacial score (nSPS) is 23.2. The SMILES string of the molecule is CCCNC(CN1CC(C(C)(C)C)CC1=O)C(C)CC. The molecule has 0 radical (unpaired) electrons. The van der Waals surface area contributed by atoms with E-state index >= 15 is 0 Å². The van der Waals surface area contributed by atoms with Crippen LogP contribution >= 0.6 is 0 Å². The van der Waals surface area contributed by atoms with Gasteiger partial charge < -0.3 is 10.2 Å². The summed E-state index contributed by atoms with van der Waals surface area (Å²) in [7, 11) is 0. The van der Waals surface area contributed by atoms with Crippen molar-refractivity contribution in [2.24, 2.45) is 17.3 Å². The highest BCUT2D eigenvalue weighted by atomic mass is 16.2. The molecular formula is C17H34N2O. The Bertz CT molecular complexity index is 309. The molecule has 1 N–H and O–H groups in total. The molecule has 0 bridgehead atoms. The zero-order valence-corrected chi connectivity index (χ0v) is 14.3. The number of nitrogens with zero attached hydrogens (tertiary/aromatic N) is 1. The maximum Gasteiger partial charge on any atom is 0.222 e. The van der Waals surface area contributed by atoms with Crippen LogP contribution in [0.1, 0.15) is 60.8 Å². The van der Waals surface area contributed by atoms with E-state index in [1.54, 1.807) is 0 Å². The molecule has 0 aliphatic carbocycles. The lowest BCUT2D eigenvalue weighted by molar-refractivity contribution is -0.128. The molecule has 1 rings (SSSR count). The Morgan fingerprint density at radius 1 is 1.35 bits per heavy atom. The Kier molecular flexibility index (Phi) is 6.50. The van der Waals surface area contributed by atoms with E-state index in [2.05, 4.69) is 51.8 Å². The third-order valence-electron chi connectivity index (χ3n) is 4.84. The van der Waals surface area contributed by atoms with E-state index in [9.17, 15) is 4.79 Å². The first-order chi connectivity index (χ1) is 9.29. The van der Waals surface area contributed by atoms with E-state index in [4.69, 9.17) is 0 Å². The fourth-order valence-corrected chi connectivity index (χ4v) is 2.83. The second-order valence-corrected chi connectivity index (χ2v) is 7.51. The molecule has 3 atom stereocenters. The number of carbonyl (C=O) groups excluding carboxylic acids is 1. The molecule has 1 aliphatic heterocycles. The molecule has 3 unspecified atom stereocenters. The van der Waals surface area contributed by atoms with Gasteiger partial charge in [-0.15, -0.1) is 0 Å². The smallest absolute Gasteiger partial charge is 0.222 e. The molecule has 118 valence electrons. The van der Waals surface area contributed by atoms with Gasteiger partial charge in [0.1, 0.15) is 0 Å². The predicted octanol–water partition coefficient (Wildman–Crippen LogP) is 3.30. The Morgan fingerprint density at radius 3 is 2.45 bits per heavy atom. The minimum absolute atomic E-state index is 0.229. The average molecular weight is 282 g/mol. The third kappa shape index (κ3) is 4.76. The van der Waals surface area contributed by atoms with E-state index in [0.29, 0.717) is 23.8 Å². The Hall–Kier alpha value is -0.570. The molecule has 1 saturated heterocycles. The van der Waals surface area contributed by atoms with Crippen LogP contribution in [-0.2, 0) is 4.79 Å². The van der Waals surface area contributed by atoms with Crippen molar-refractivity contribution in [1.29, 1.82) is 0 Å². The zero-order valence-electron chi connectivity index (χ0n) is 14.3. The van der Waals surface area contributed by atoms with Crippen molar-refractivity contribution in [3.8, 4) is 0 Å². The highest BCUT2D eigenvalue weighted by Crippen LogP contribution is 2.34. The summed E-state index contributed by atoms with van der Waals surface area (Å²) in [6, 6.07) is 0.433. The largest absolute Gasteiger partial charge is 0.341 e. The van der Waals surface area contributed by atoms with Crippen molar-refractivity contribution < 1.29 is 4.79 Å². The summed E-state index contributed by atoms with van der Waals surface area (Å²) in [5.41, 5.74) is 0.229. The maximum absolute atomic E-state index is 12.2. The molecule has 1 heterocycles. The third-order valence-corrected chi connectivity index (χ3v) is 4.84. The number of rotatable bonds is 7. The molecule has 1 aliphatic rings. The van der Waals surface area contributed by atoms with Gasteiger partial charge in [-0.1, -0.05) is 48.0 Å². The number of amides is 1. The number of hydrogen-bond acceptors (Lipinski definition) is 2. The van der Waals surface area contributed by atoms with Gasteiger partial charge >= 0.3 is 0 Å². The molecule has 0 aromatic rings. The van der Waals surface area contributed by atoms with Gasteiger partial charge in [-0.3, -0.25) is 4.79 Å². The molecule has 0 saturated carbocycles. The highest BCUT2D eigenvalue weighted by molar-refractivity contribution is 5.78. The summed E-state index contributed by atoms with van der Waals surface area (Å²) in [6.07, 6.45) is 3.03. The van der Waals surface area contributed by atoms with Gasteiger partial charge in [0.2, 0.25) is 5.91 Å². The van der Waals surface area contributed by atoms with Crippen molar-refractivity contribution >= 4 is 5.91 Å². The van der Waals surface area contributed by atoms with Crippen LogP contribution in [0.4, 0.5) is 0 Å². The monoisotopic (exact) mass is 282 g/mol. The van der Waals surface area contributed by atoms with Crippen LogP contribution in [0.15, 0.2) is 0 Å². The van der Waals surface area contributed by atoms with Crippen LogP contribution < -0.4 is 5.32 Å². The van der Waals surface area contributed by atoms with Gasteiger partial charge in [0, 0.05) is 25.6 Å². The van der Waals surface area contributed by atoms with Crippen LogP contribution in [0.3, 0.4) is 0 Å². The van der Waals surface area contributed by atoms with E-state index in [1.165, 1.54) is 0 Å². The number of nitrogens with one attached hydrogen (secondary N) is 1. The molecule has 0 aromatic carbocycles. The first-order valence-corrected chi connectivity index (χ1v) is 8.30. The van der Waals surface area contributed by atoms with E-state index in [0.717, 1.165) is 38.9 Å². The van der Waals surface area contributed by atoms with Crippen LogP contribution in [0.2, 0.25) is 0 Å². The van der Waals surface area contributed by atoms with Crippen LogP contribution in [0.25, 0.3) is 0 Å². The van der Waals surface area contributed by atoms with Crippen LogP contribution in [0, 0.1) is 17.3 Å². The van der Waals surface area contributed by atoms with Crippen molar-refractivity contribution in [3.05, 3.63) is 0 Å². The summed E-state index contributed by atoms with van der Waals surface area (Å²) in [5.74, 6) is 1.46. The molecule has 3 nitrogen and oxygen atoms in total. The summed E-state index contributed by atoms with van der Waals surface area (Å²) in [6.45, 7) is 16.3. The van der Waals surface area contributed by atoms with Crippen molar-refractivity contribution in [2.45, 2.75) is 66.8 Å². The Balaban J connectivity index is 2.62. The molecule has 0 aromatic heterocycles. The summed E-state index contributed by atoms with van der Waals surface area (Å²) in [5, 5.41) is 3.63. The molecular weight excluding hydrogens is 248 g/mol. The molecule has 1 fully saturated rings. The molecule has 3 heteroatoms. The van der Waals surface area contributed by atoms with Crippen molar-refractivity contribution in [1.82, 2.24) is 10.2 Å². The second kappa shape index (κ2) is 7.44. The number of carbonyl (C=O) groups is 1. The van der Waals surface area contributed by atoms with Crippen LogP contribution in [-0.4, -0.2) is 36.5 Å². The van der Waals surface area contributed by atoms with E-state index in [-0.39, 0.29) is 5.41 Å². The second-order valence-electron chi connectivity index (χ2n) is 7.51. The van der Waals surface area contributed by atoms with Crippen LogP contribution in [0.5, 0.6) is 0 Å². The Morgan fingerprint density at radius 2 is 2.00 bits per heavy atom. The minimum Gasteiger partial charge on any atom is -0.341 e. The van der Waals surface area contributed by atoms with Gasteiger partial charge in [-0.05, 0) is 30.2 Å². The summed E-state index contributed by atoms with van der Waals surface area (Å²) < 4.78 is 0. The van der Waals surface area contributed by atoms with Gasteiger partial charge in [-0.2, -0.15) is 0 Å². The topological polar surface area (TPSA) is 32.3 Å². The lowest BCUT2D eigenvalue weighted by Gasteiger charge is -2.31. The fraction of sp³-hybridized carbons (Fsp3) is 0.941. The van der Waals surface area contributed by atoms with E-state index in [1.807, 2.05) is 0 Å². The standard InChI is InChI=1S/C17H34N2O/c1-7-9-18-15(13(3)8-2)12-19-11-14(10-16(19)20)17(4,5)6/h13-15,18H,7-12H2,1-6H3. The van der Waals surface area contributed by atoms with Gasteiger partial charge in [0.25, 0.3) is 0 Å². The van der Waals surface area contributed by atoms with Gasteiger partial charge in [0.05, 0.1) is 0 Å².